The Hall–Kier alpha value is 2.19. The summed E-state index contributed by atoms with van der Waals surface area (Å²) in [6.07, 6.45) is 0. The minimum atomic E-state index is 0. The monoisotopic (exact) mass is 356 g/mol. The van der Waals surface area contributed by atoms with E-state index in [1.807, 2.05) is 0 Å². The average Bonchev–Trinajstić information content (AvgIpc) is 0. The van der Waals surface area contributed by atoms with Crippen LogP contribution in [0.2, 0.25) is 0 Å². The van der Waals surface area contributed by atoms with Crippen LogP contribution in [0.4, 0.5) is 0 Å². The Bertz CT molecular complexity index is 3.90. The van der Waals surface area contributed by atoms with Gasteiger partial charge in [-0.1, -0.05) is 0 Å². The van der Waals surface area contributed by atoms with Gasteiger partial charge in [-0.25, -0.2) is 0 Å². The van der Waals surface area contributed by atoms with Gasteiger partial charge in [0.15, 0.2) is 0 Å². The Morgan fingerprint density at radius 3 is 0.333 bits per heavy atom. The summed E-state index contributed by atoms with van der Waals surface area (Å²) in [6, 6.07) is 0. The smallest absolute Gasteiger partial charge is 1.00 e. The molecule has 0 saturated carbocycles. The van der Waals surface area contributed by atoms with Gasteiger partial charge in [-0.15, -0.1) is 0 Å². The molecule has 6 heavy (non-hydrogen) atoms. The standard InChI is InChI=1S/5ClH.Ta/h5*1H;/q;;;;;+2/p-5. The summed E-state index contributed by atoms with van der Waals surface area (Å²) in [7, 11) is 0. The van der Waals surface area contributed by atoms with E-state index in [1.54, 1.807) is 0 Å². The van der Waals surface area contributed by atoms with Crippen LogP contribution >= 0.6 is 0 Å². The van der Waals surface area contributed by atoms with Crippen LogP contribution in [-0.2, 0) is 22.4 Å². The zero-order valence-electron chi connectivity index (χ0n) is 2.34. The fourth-order valence-corrected chi connectivity index (χ4v) is 0. The molecule has 0 rings (SSSR count). The Morgan fingerprint density at radius 1 is 0.333 bits per heavy atom. The molecular weight excluding hydrogens is 358 g/mol. The Morgan fingerprint density at radius 2 is 0.333 bits per heavy atom. The van der Waals surface area contributed by atoms with E-state index in [1.165, 1.54) is 0 Å². The van der Waals surface area contributed by atoms with Crippen LogP contribution in [0.15, 0.2) is 0 Å². The van der Waals surface area contributed by atoms with Gasteiger partial charge < -0.3 is 62.0 Å². The fourth-order valence-electron chi connectivity index (χ4n) is 0. The Labute approximate surface area is 83.8 Å². The predicted molar refractivity (Wildman–Crippen MR) is 0 cm³/mol. The molecule has 0 aliphatic carbocycles. The molecule has 0 amide bonds. The van der Waals surface area contributed by atoms with Crippen LogP contribution in [0, 0.1) is 0 Å². The van der Waals surface area contributed by atoms with E-state index >= 15 is 0 Å². The van der Waals surface area contributed by atoms with Crippen LogP contribution in [0.1, 0.15) is 0 Å². The van der Waals surface area contributed by atoms with Crippen LogP contribution < -0.4 is 62.0 Å². The molecule has 43 valence electrons. The topological polar surface area (TPSA) is 0 Å². The zero-order valence-corrected chi connectivity index (χ0v) is 9.33. The molecule has 0 spiro atoms. The minimum absolute atomic E-state index is 0. The summed E-state index contributed by atoms with van der Waals surface area (Å²) in [6.45, 7) is 0. The SMILES string of the molecule is [Cl-].[Cl-].[Cl-].[Cl-].[Cl-].[Ta+2]. The molecule has 0 bridgehead atoms. The third kappa shape index (κ3) is 34.8. The van der Waals surface area contributed by atoms with Gasteiger partial charge in [0.2, 0.25) is 0 Å². The first-order chi connectivity index (χ1) is 0. The second-order valence-corrected chi connectivity index (χ2v) is 0. The number of hydrogen-bond donors (Lipinski definition) is 0. The van der Waals surface area contributed by atoms with Crippen molar-refractivity contribution in [3.63, 3.8) is 0 Å². The molecule has 0 saturated heterocycles. The molecule has 0 nitrogen and oxygen atoms in total. The molecule has 0 aliphatic rings. The van der Waals surface area contributed by atoms with Crippen molar-refractivity contribution in [1.82, 2.24) is 0 Å². The molecule has 1 radical (unpaired) electrons. The van der Waals surface area contributed by atoms with Gasteiger partial charge in [-0.3, -0.25) is 0 Å². The van der Waals surface area contributed by atoms with Gasteiger partial charge in [-0.05, 0) is 0 Å². The maximum Gasteiger partial charge on any atom is 2.00 e. The largest absolute Gasteiger partial charge is 2.00 e. The van der Waals surface area contributed by atoms with Gasteiger partial charge in [0.1, 0.15) is 0 Å². The van der Waals surface area contributed by atoms with Crippen LogP contribution in [0.5, 0.6) is 0 Å². The van der Waals surface area contributed by atoms with Crippen molar-refractivity contribution in [3.05, 3.63) is 0 Å². The van der Waals surface area contributed by atoms with Crippen molar-refractivity contribution in [2.45, 2.75) is 0 Å². The molecule has 0 heterocycles. The maximum atomic E-state index is 0. The summed E-state index contributed by atoms with van der Waals surface area (Å²) in [5.74, 6) is 0. The number of hydrogen-bond acceptors (Lipinski definition) is 0. The predicted octanol–water partition coefficient (Wildman–Crippen LogP) is -15.0. The van der Waals surface area contributed by atoms with E-state index in [4.69, 9.17) is 0 Å². The molecule has 0 unspecified atom stereocenters. The van der Waals surface area contributed by atoms with Crippen LogP contribution in [-0.4, -0.2) is 0 Å². The summed E-state index contributed by atoms with van der Waals surface area (Å²) in [5, 5.41) is 0. The first-order valence-electron chi connectivity index (χ1n) is 0. The zero-order chi connectivity index (χ0) is 0. The summed E-state index contributed by atoms with van der Waals surface area (Å²) < 4.78 is 0. The summed E-state index contributed by atoms with van der Waals surface area (Å²) in [5.41, 5.74) is 0. The minimum Gasteiger partial charge on any atom is -1.00 e. The van der Waals surface area contributed by atoms with Gasteiger partial charge >= 0.3 is 22.4 Å². The van der Waals surface area contributed by atoms with E-state index in [9.17, 15) is 0 Å². The van der Waals surface area contributed by atoms with E-state index in [0.29, 0.717) is 0 Å². The third-order valence-electron chi connectivity index (χ3n) is 0. The summed E-state index contributed by atoms with van der Waals surface area (Å²) >= 11 is 0. The first-order valence-corrected chi connectivity index (χ1v) is 0. The van der Waals surface area contributed by atoms with E-state index in [2.05, 4.69) is 0 Å². The normalized spacial score (nSPS) is 0. The first kappa shape index (κ1) is 88.3. The Balaban J connectivity index is 0. The Kier molecular flexibility index (Phi) is 845. The second-order valence-electron chi connectivity index (χ2n) is 0. The molecule has 6 heteroatoms. The number of halogens is 5. The molecule has 0 N–H and O–H groups in total. The van der Waals surface area contributed by atoms with Gasteiger partial charge in [0, 0.05) is 0 Å². The second kappa shape index (κ2) is 57.4. The van der Waals surface area contributed by atoms with Crippen LogP contribution in [0.3, 0.4) is 0 Å². The average molecular weight is 358 g/mol. The van der Waals surface area contributed by atoms with E-state index in [-0.39, 0.29) is 84.4 Å². The van der Waals surface area contributed by atoms with Crippen molar-refractivity contribution in [2.24, 2.45) is 0 Å². The van der Waals surface area contributed by atoms with E-state index < -0.39 is 0 Å². The van der Waals surface area contributed by atoms with Gasteiger partial charge in [-0.2, -0.15) is 0 Å². The molecule has 0 aromatic rings. The summed E-state index contributed by atoms with van der Waals surface area (Å²) in [4.78, 5) is 0. The van der Waals surface area contributed by atoms with Gasteiger partial charge in [0.25, 0.3) is 0 Å². The molecule has 0 fully saturated rings. The van der Waals surface area contributed by atoms with Crippen molar-refractivity contribution in [2.75, 3.05) is 0 Å². The van der Waals surface area contributed by atoms with Crippen molar-refractivity contribution in [3.8, 4) is 0 Å². The quantitative estimate of drug-likeness (QED) is 0.404. The maximum absolute atomic E-state index is 0. The van der Waals surface area contributed by atoms with Gasteiger partial charge in [0.05, 0.1) is 0 Å². The van der Waals surface area contributed by atoms with Crippen molar-refractivity contribution in [1.29, 1.82) is 0 Å². The molecule has 0 aliphatic heterocycles. The number of rotatable bonds is 0. The van der Waals surface area contributed by atoms with E-state index in [0.717, 1.165) is 0 Å². The molecular formula is Cl5Ta-3. The molecule has 0 aromatic carbocycles. The molecule has 0 atom stereocenters. The van der Waals surface area contributed by atoms with Crippen molar-refractivity contribution < 1.29 is 84.4 Å². The molecule has 0 aromatic heterocycles. The fraction of sp³-hybridized carbons (Fsp3) is 0. The van der Waals surface area contributed by atoms with Crippen LogP contribution in [0.25, 0.3) is 0 Å². The van der Waals surface area contributed by atoms with Crippen molar-refractivity contribution >= 4 is 0 Å². The third-order valence-corrected chi connectivity index (χ3v) is 0.